The van der Waals surface area contributed by atoms with Crippen LogP contribution in [0.25, 0.3) is 0 Å². The van der Waals surface area contributed by atoms with Gasteiger partial charge in [0.15, 0.2) is 0 Å². The molecule has 138 valence electrons. The molecule has 1 aliphatic rings. The quantitative estimate of drug-likeness (QED) is 0.822. The first-order valence-electron chi connectivity index (χ1n) is 8.88. The van der Waals surface area contributed by atoms with Gasteiger partial charge in [-0.15, -0.1) is 0 Å². The van der Waals surface area contributed by atoms with Gasteiger partial charge >= 0.3 is 5.97 Å². The summed E-state index contributed by atoms with van der Waals surface area (Å²) >= 11 is 0. The van der Waals surface area contributed by atoms with Crippen molar-refractivity contribution in [3.63, 3.8) is 0 Å². The van der Waals surface area contributed by atoms with Crippen molar-refractivity contribution in [3.05, 3.63) is 54.1 Å². The van der Waals surface area contributed by atoms with E-state index in [1.165, 1.54) is 0 Å². The minimum atomic E-state index is -0.788. The first-order valence-corrected chi connectivity index (χ1v) is 8.88. The Labute approximate surface area is 154 Å². The standard InChI is InChI=1S/C21H25NO4/c1-21(2,20(23)24)15-16-7-9-17(10-8-16)25-13-11-22-12-14-26-19-6-4-3-5-18(19)22/h3-10H,11-15H2,1-2H3,(H,23,24). The topological polar surface area (TPSA) is 59.0 Å². The van der Waals surface area contributed by atoms with Crippen molar-refractivity contribution >= 4 is 11.7 Å². The van der Waals surface area contributed by atoms with Gasteiger partial charge in [0.05, 0.1) is 24.2 Å². The highest BCUT2D eigenvalue weighted by Gasteiger charge is 2.27. The zero-order valence-corrected chi connectivity index (χ0v) is 15.3. The molecule has 0 amide bonds. The number of fused-ring (bicyclic) bond motifs is 1. The zero-order valence-electron chi connectivity index (χ0n) is 15.3. The Morgan fingerprint density at radius 1 is 1.19 bits per heavy atom. The molecule has 5 heteroatoms. The minimum absolute atomic E-state index is 0.493. The van der Waals surface area contributed by atoms with E-state index in [0.717, 1.165) is 35.8 Å². The molecule has 0 radical (unpaired) electrons. The fraction of sp³-hybridized carbons (Fsp3) is 0.381. The van der Waals surface area contributed by atoms with Crippen LogP contribution in [0.2, 0.25) is 0 Å². The number of carboxylic acid groups (broad SMARTS) is 1. The van der Waals surface area contributed by atoms with E-state index in [2.05, 4.69) is 11.0 Å². The summed E-state index contributed by atoms with van der Waals surface area (Å²) in [4.78, 5) is 13.5. The van der Waals surface area contributed by atoms with Crippen molar-refractivity contribution in [2.45, 2.75) is 20.3 Å². The van der Waals surface area contributed by atoms with Gasteiger partial charge in [-0.3, -0.25) is 4.79 Å². The number of rotatable bonds is 7. The van der Waals surface area contributed by atoms with E-state index in [1.54, 1.807) is 13.8 Å². The predicted octanol–water partition coefficient (Wildman–Crippen LogP) is 3.62. The summed E-state index contributed by atoms with van der Waals surface area (Å²) in [5.74, 6) is 0.927. The number of benzene rings is 2. The number of hydrogen-bond donors (Lipinski definition) is 1. The maximum Gasteiger partial charge on any atom is 0.309 e. The second kappa shape index (κ2) is 7.68. The first-order chi connectivity index (χ1) is 12.5. The van der Waals surface area contributed by atoms with Gasteiger partial charge in [0.2, 0.25) is 0 Å². The third-order valence-electron chi connectivity index (χ3n) is 4.60. The van der Waals surface area contributed by atoms with Crippen molar-refractivity contribution in [2.75, 3.05) is 31.2 Å². The third-order valence-corrected chi connectivity index (χ3v) is 4.60. The molecule has 0 spiro atoms. The lowest BCUT2D eigenvalue weighted by Crippen LogP contribution is -2.35. The minimum Gasteiger partial charge on any atom is -0.492 e. The molecule has 0 saturated carbocycles. The highest BCUT2D eigenvalue weighted by atomic mass is 16.5. The number of carbonyl (C=O) groups is 1. The van der Waals surface area contributed by atoms with Gasteiger partial charge in [-0.05, 0) is 50.1 Å². The molecule has 0 atom stereocenters. The van der Waals surface area contributed by atoms with Crippen molar-refractivity contribution in [1.29, 1.82) is 0 Å². The Kier molecular flexibility index (Phi) is 5.35. The van der Waals surface area contributed by atoms with E-state index in [1.807, 2.05) is 42.5 Å². The van der Waals surface area contributed by atoms with Crippen molar-refractivity contribution < 1.29 is 19.4 Å². The molecular formula is C21H25NO4. The molecule has 0 bridgehead atoms. The fourth-order valence-corrected chi connectivity index (χ4v) is 3.02. The Balaban J connectivity index is 1.52. The van der Waals surface area contributed by atoms with Crippen molar-refractivity contribution in [3.8, 4) is 11.5 Å². The van der Waals surface area contributed by atoms with Crippen LogP contribution in [0.4, 0.5) is 5.69 Å². The average molecular weight is 355 g/mol. The maximum atomic E-state index is 11.2. The van der Waals surface area contributed by atoms with Crippen LogP contribution in [0, 0.1) is 5.41 Å². The molecule has 0 aromatic heterocycles. The van der Waals surface area contributed by atoms with E-state index in [0.29, 0.717) is 19.6 Å². The second-order valence-corrected chi connectivity index (χ2v) is 7.16. The lowest BCUT2D eigenvalue weighted by atomic mass is 9.86. The van der Waals surface area contributed by atoms with Gasteiger partial charge in [0.25, 0.3) is 0 Å². The van der Waals surface area contributed by atoms with Crippen LogP contribution < -0.4 is 14.4 Å². The van der Waals surface area contributed by atoms with E-state index in [9.17, 15) is 9.90 Å². The van der Waals surface area contributed by atoms with Crippen molar-refractivity contribution in [1.82, 2.24) is 0 Å². The largest absolute Gasteiger partial charge is 0.492 e. The number of hydrogen-bond acceptors (Lipinski definition) is 4. The predicted molar refractivity (Wildman–Crippen MR) is 101 cm³/mol. The summed E-state index contributed by atoms with van der Waals surface area (Å²) in [7, 11) is 0. The molecule has 2 aromatic carbocycles. The monoisotopic (exact) mass is 355 g/mol. The number of para-hydroxylation sites is 2. The molecule has 2 aromatic rings. The summed E-state index contributed by atoms with van der Waals surface area (Å²) in [6, 6.07) is 15.7. The molecule has 0 aliphatic carbocycles. The molecule has 26 heavy (non-hydrogen) atoms. The van der Waals surface area contributed by atoms with Crippen LogP contribution in [-0.2, 0) is 11.2 Å². The Bertz CT molecular complexity index is 755. The molecule has 0 fully saturated rings. The zero-order chi connectivity index (χ0) is 18.6. The lowest BCUT2D eigenvalue weighted by molar-refractivity contribution is -0.146. The first kappa shape index (κ1) is 18.1. The molecule has 1 N–H and O–H groups in total. The molecule has 1 heterocycles. The van der Waals surface area contributed by atoms with Crippen molar-refractivity contribution in [2.24, 2.45) is 5.41 Å². The summed E-state index contributed by atoms with van der Waals surface area (Å²) in [6.07, 6.45) is 0.493. The van der Waals surface area contributed by atoms with Crippen LogP contribution in [0.1, 0.15) is 19.4 Å². The molecule has 3 rings (SSSR count). The number of nitrogens with zero attached hydrogens (tertiary/aromatic N) is 1. The molecule has 1 aliphatic heterocycles. The van der Waals surface area contributed by atoms with Crippen LogP contribution in [-0.4, -0.2) is 37.4 Å². The normalized spacial score (nSPS) is 13.7. The number of ether oxygens (including phenoxy) is 2. The molecule has 0 unspecified atom stereocenters. The van der Waals surface area contributed by atoms with Crippen LogP contribution in [0.3, 0.4) is 0 Å². The Morgan fingerprint density at radius 2 is 1.92 bits per heavy atom. The molecule has 0 saturated heterocycles. The second-order valence-electron chi connectivity index (χ2n) is 7.16. The van der Waals surface area contributed by atoms with Crippen LogP contribution >= 0.6 is 0 Å². The van der Waals surface area contributed by atoms with Crippen LogP contribution in [0.5, 0.6) is 11.5 Å². The van der Waals surface area contributed by atoms with Gasteiger partial charge in [0, 0.05) is 0 Å². The Hall–Kier alpha value is -2.69. The van der Waals surface area contributed by atoms with Gasteiger partial charge in [-0.25, -0.2) is 0 Å². The van der Waals surface area contributed by atoms with E-state index in [4.69, 9.17) is 9.47 Å². The number of aliphatic carboxylic acids is 1. The highest BCUT2D eigenvalue weighted by molar-refractivity contribution is 5.74. The maximum absolute atomic E-state index is 11.2. The number of anilines is 1. The smallest absolute Gasteiger partial charge is 0.309 e. The molecule has 5 nitrogen and oxygen atoms in total. The summed E-state index contributed by atoms with van der Waals surface area (Å²) in [5, 5.41) is 9.23. The SMILES string of the molecule is CC(C)(Cc1ccc(OCCN2CCOc3ccccc32)cc1)C(=O)O. The fourth-order valence-electron chi connectivity index (χ4n) is 3.02. The molecular weight excluding hydrogens is 330 g/mol. The summed E-state index contributed by atoms with van der Waals surface area (Å²) in [6.45, 7) is 6.37. The van der Waals surface area contributed by atoms with Gasteiger partial charge in [0.1, 0.15) is 24.7 Å². The average Bonchev–Trinajstić information content (AvgIpc) is 2.63. The summed E-state index contributed by atoms with van der Waals surface area (Å²) in [5.41, 5.74) is 1.33. The van der Waals surface area contributed by atoms with Gasteiger partial charge in [-0.2, -0.15) is 0 Å². The van der Waals surface area contributed by atoms with Gasteiger partial charge < -0.3 is 19.5 Å². The van der Waals surface area contributed by atoms with Crippen LogP contribution in [0.15, 0.2) is 48.5 Å². The lowest BCUT2D eigenvalue weighted by Gasteiger charge is -2.31. The third kappa shape index (κ3) is 4.28. The van der Waals surface area contributed by atoms with E-state index < -0.39 is 11.4 Å². The highest BCUT2D eigenvalue weighted by Crippen LogP contribution is 2.30. The van der Waals surface area contributed by atoms with E-state index >= 15 is 0 Å². The summed E-state index contributed by atoms with van der Waals surface area (Å²) < 4.78 is 11.5. The van der Waals surface area contributed by atoms with E-state index in [-0.39, 0.29) is 0 Å². The van der Waals surface area contributed by atoms with Gasteiger partial charge in [-0.1, -0.05) is 24.3 Å². The Morgan fingerprint density at radius 3 is 2.65 bits per heavy atom. The number of carboxylic acids is 1.